The molecule has 1 aromatic carbocycles. The van der Waals surface area contributed by atoms with Gasteiger partial charge in [-0.05, 0) is 30.3 Å². The fraction of sp³-hybridized carbons (Fsp3) is 0.238. The second-order valence-electron chi connectivity index (χ2n) is 6.40. The van der Waals surface area contributed by atoms with Crippen LogP contribution in [0.2, 0.25) is 0 Å². The van der Waals surface area contributed by atoms with Gasteiger partial charge in [0, 0.05) is 30.1 Å². The first-order chi connectivity index (χ1) is 15.0. The maximum absolute atomic E-state index is 12.4. The Hall–Kier alpha value is -3.50. The van der Waals surface area contributed by atoms with E-state index in [0.29, 0.717) is 28.1 Å². The summed E-state index contributed by atoms with van der Waals surface area (Å²) in [5.74, 6) is -0.0122. The molecule has 9 nitrogen and oxygen atoms in total. The Morgan fingerprint density at radius 1 is 1.10 bits per heavy atom. The van der Waals surface area contributed by atoms with E-state index in [1.54, 1.807) is 23.7 Å². The van der Waals surface area contributed by atoms with Crippen molar-refractivity contribution in [2.24, 2.45) is 0 Å². The van der Waals surface area contributed by atoms with Crippen LogP contribution in [0.15, 0.2) is 41.9 Å². The second kappa shape index (κ2) is 10.5. The Kier molecular flexibility index (Phi) is 7.52. The summed E-state index contributed by atoms with van der Waals surface area (Å²) in [6.07, 6.45) is 1.85. The molecule has 10 heteroatoms. The number of benzene rings is 1. The Balaban J connectivity index is 1.40. The molecular weight excluding hydrogens is 420 g/mol. The van der Waals surface area contributed by atoms with Gasteiger partial charge in [-0.15, -0.1) is 11.3 Å². The first-order valence-electron chi connectivity index (χ1n) is 9.41. The highest BCUT2D eigenvalue weighted by atomic mass is 32.1. The third kappa shape index (κ3) is 5.56. The first-order valence-corrected chi connectivity index (χ1v) is 10.3. The lowest BCUT2D eigenvalue weighted by Crippen LogP contribution is -2.44. The van der Waals surface area contributed by atoms with Gasteiger partial charge in [0.15, 0.2) is 17.3 Å². The highest BCUT2D eigenvalue weighted by Gasteiger charge is 2.14. The van der Waals surface area contributed by atoms with E-state index in [-0.39, 0.29) is 25.3 Å². The van der Waals surface area contributed by atoms with Gasteiger partial charge in [-0.2, -0.15) is 0 Å². The highest BCUT2D eigenvalue weighted by molar-refractivity contribution is 7.17. The molecule has 0 aliphatic rings. The SMILES string of the molecule is COc1ccc(C(=O)NCC(=O)NNCCC(=O)c2csc3cccnc23)cc1OC. The van der Waals surface area contributed by atoms with Crippen molar-refractivity contribution < 1.29 is 23.9 Å². The number of carbonyl (C=O) groups is 3. The number of hydrogen-bond donors (Lipinski definition) is 3. The van der Waals surface area contributed by atoms with E-state index in [9.17, 15) is 14.4 Å². The molecule has 0 bridgehead atoms. The number of carbonyl (C=O) groups excluding carboxylic acids is 3. The summed E-state index contributed by atoms with van der Waals surface area (Å²) < 4.78 is 11.2. The maximum Gasteiger partial charge on any atom is 0.253 e. The summed E-state index contributed by atoms with van der Waals surface area (Å²) in [5, 5.41) is 4.31. The largest absolute Gasteiger partial charge is 0.493 e. The standard InChI is InChI=1S/C21H22N4O5S/c1-29-16-6-5-13(10-17(16)30-2)21(28)23-11-19(27)25-24-9-7-15(26)14-12-31-18-4-3-8-22-20(14)18/h3-6,8,10,12,24H,7,9,11H2,1-2H3,(H,23,28)(H,25,27). The van der Waals surface area contributed by atoms with E-state index in [4.69, 9.17) is 9.47 Å². The summed E-state index contributed by atoms with van der Waals surface area (Å²) in [6, 6.07) is 8.45. The number of rotatable bonds is 10. The topological polar surface area (TPSA) is 119 Å². The molecule has 0 atom stereocenters. The number of ether oxygens (including phenoxy) is 2. The molecule has 162 valence electrons. The minimum atomic E-state index is -0.441. The Morgan fingerprint density at radius 2 is 1.90 bits per heavy atom. The maximum atomic E-state index is 12.4. The van der Waals surface area contributed by atoms with Crippen molar-refractivity contribution in [3.8, 4) is 11.5 Å². The van der Waals surface area contributed by atoms with E-state index in [0.717, 1.165) is 4.70 Å². The number of nitrogens with zero attached hydrogens (tertiary/aromatic N) is 1. The fourth-order valence-electron chi connectivity index (χ4n) is 2.82. The van der Waals surface area contributed by atoms with Gasteiger partial charge in [0.1, 0.15) is 0 Å². The number of Topliss-reactive ketones (excluding diaryl/α,β-unsaturated/α-hetero) is 1. The molecule has 2 heterocycles. The van der Waals surface area contributed by atoms with Crippen LogP contribution in [0.4, 0.5) is 0 Å². The fourth-order valence-corrected chi connectivity index (χ4v) is 3.74. The number of hydrazine groups is 1. The monoisotopic (exact) mass is 442 g/mol. The van der Waals surface area contributed by atoms with Crippen molar-refractivity contribution >= 4 is 39.2 Å². The van der Waals surface area contributed by atoms with Crippen LogP contribution in [0.25, 0.3) is 10.2 Å². The second-order valence-corrected chi connectivity index (χ2v) is 7.31. The van der Waals surface area contributed by atoms with E-state index in [1.165, 1.54) is 31.6 Å². The molecule has 3 N–H and O–H groups in total. The third-order valence-corrected chi connectivity index (χ3v) is 5.33. The predicted octanol–water partition coefficient (Wildman–Crippen LogP) is 1.94. The molecule has 0 saturated heterocycles. The molecule has 0 saturated carbocycles. The van der Waals surface area contributed by atoms with Crippen LogP contribution in [0.5, 0.6) is 11.5 Å². The molecule has 3 rings (SSSR count). The van der Waals surface area contributed by atoms with Crippen molar-refractivity contribution in [1.82, 2.24) is 21.2 Å². The minimum absolute atomic E-state index is 0.0616. The summed E-state index contributed by atoms with van der Waals surface area (Å²) in [6.45, 7) is 0.0194. The van der Waals surface area contributed by atoms with Crippen LogP contribution < -0.4 is 25.6 Å². The number of ketones is 1. The number of aromatic nitrogens is 1. The molecule has 0 aliphatic heterocycles. The summed E-state index contributed by atoms with van der Waals surface area (Å²) in [5.41, 5.74) is 6.76. The zero-order valence-electron chi connectivity index (χ0n) is 17.1. The lowest BCUT2D eigenvalue weighted by Gasteiger charge is -2.10. The van der Waals surface area contributed by atoms with E-state index < -0.39 is 11.8 Å². The van der Waals surface area contributed by atoms with Crippen molar-refractivity contribution in [2.75, 3.05) is 27.3 Å². The number of thiophene rings is 1. The summed E-state index contributed by atoms with van der Waals surface area (Å²) >= 11 is 1.47. The van der Waals surface area contributed by atoms with Crippen LogP contribution in [0, 0.1) is 0 Å². The van der Waals surface area contributed by atoms with Gasteiger partial charge in [0.2, 0.25) is 0 Å². The van der Waals surface area contributed by atoms with Crippen LogP contribution in [-0.4, -0.2) is 49.9 Å². The van der Waals surface area contributed by atoms with Gasteiger partial charge in [0.25, 0.3) is 11.8 Å². The van der Waals surface area contributed by atoms with Gasteiger partial charge < -0.3 is 14.8 Å². The summed E-state index contributed by atoms with van der Waals surface area (Å²) in [4.78, 5) is 40.8. The van der Waals surface area contributed by atoms with Crippen molar-refractivity contribution in [3.05, 3.63) is 53.0 Å². The van der Waals surface area contributed by atoms with Gasteiger partial charge in [-0.3, -0.25) is 24.8 Å². The zero-order valence-corrected chi connectivity index (χ0v) is 17.9. The van der Waals surface area contributed by atoms with Crippen LogP contribution >= 0.6 is 11.3 Å². The van der Waals surface area contributed by atoms with Gasteiger partial charge in [-0.1, -0.05) is 0 Å². The number of methoxy groups -OCH3 is 2. The number of amides is 2. The molecular formula is C21H22N4O5S. The lowest BCUT2D eigenvalue weighted by atomic mass is 10.1. The molecule has 3 aromatic rings. The molecule has 2 amide bonds. The quantitative estimate of drug-likeness (QED) is 0.249. The van der Waals surface area contributed by atoms with E-state index in [2.05, 4.69) is 21.2 Å². The van der Waals surface area contributed by atoms with Crippen LogP contribution in [0.3, 0.4) is 0 Å². The average Bonchev–Trinajstić information content (AvgIpc) is 3.24. The van der Waals surface area contributed by atoms with Crippen molar-refractivity contribution in [1.29, 1.82) is 0 Å². The summed E-state index contributed by atoms with van der Waals surface area (Å²) in [7, 11) is 2.97. The molecule has 0 spiro atoms. The van der Waals surface area contributed by atoms with E-state index >= 15 is 0 Å². The van der Waals surface area contributed by atoms with Crippen molar-refractivity contribution in [3.63, 3.8) is 0 Å². The molecule has 0 aliphatic carbocycles. The Morgan fingerprint density at radius 3 is 2.68 bits per heavy atom. The highest BCUT2D eigenvalue weighted by Crippen LogP contribution is 2.27. The third-order valence-electron chi connectivity index (χ3n) is 4.39. The molecule has 0 unspecified atom stereocenters. The van der Waals surface area contributed by atoms with Crippen LogP contribution in [-0.2, 0) is 4.79 Å². The van der Waals surface area contributed by atoms with Gasteiger partial charge in [0.05, 0.1) is 36.5 Å². The number of fused-ring (bicyclic) bond motifs is 1. The molecule has 0 radical (unpaired) electrons. The molecule has 2 aromatic heterocycles. The first kappa shape index (κ1) is 22.2. The Labute approximate surface area is 182 Å². The number of nitrogens with one attached hydrogen (secondary N) is 3. The lowest BCUT2D eigenvalue weighted by molar-refractivity contribution is -0.121. The smallest absolute Gasteiger partial charge is 0.253 e. The van der Waals surface area contributed by atoms with Gasteiger partial charge in [-0.25, -0.2) is 5.43 Å². The zero-order chi connectivity index (χ0) is 22.2. The molecule has 31 heavy (non-hydrogen) atoms. The normalized spacial score (nSPS) is 10.5. The van der Waals surface area contributed by atoms with Gasteiger partial charge >= 0.3 is 0 Å². The van der Waals surface area contributed by atoms with Crippen molar-refractivity contribution in [2.45, 2.75) is 6.42 Å². The van der Waals surface area contributed by atoms with E-state index in [1.807, 2.05) is 12.1 Å². The predicted molar refractivity (Wildman–Crippen MR) is 117 cm³/mol. The average molecular weight is 442 g/mol. The Bertz CT molecular complexity index is 1100. The minimum Gasteiger partial charge on any atom is -0.493 e. The van der Waals surface area contributed by atoms with Crippen LogP contribution in [0.1, 0.15) is 27.1 Å². The number of pyridine rings is 1. The number of hydrogen-bond acceptors (Lipinski definition) is 8. The molecule has 0 fully saturated rings.